The van der Waals surface area contributed by atoms with E-state index >= 15 is 0 Å². The lowest BCUT2D eigenvalue weighted by molar-refractivity contribution is -0.138. The summed E-state index contributed by atoms with van der Waals surface area (Å²) in [5, 5.41) is 12.2. The van der Waals surface area contributed by atoms with Crippen molar-refractivity contribution in [2.45, 2.75) is 44.0 Å². The van der Waals surface area contributed by atoms with Crippen LogP contribution in [0.15, 0.2) is 0 Å². The molecule has 1 rings (SSSR count). The summed E-state index contributed by atoms with van der Waals surface area (Å²) >= 11 is 1.74. The molecule has 76 valence electrons. The zero-order chi connectivity index (χ0) is 9.68. The number of carboxylic acid groups (broad SMARTS) is 1. The highest BCUT2D eigenvalue weighted by Gasteiger charge is 2.28. The van der Waals surface area contributed by atoms with E-state index in [1.807, 2.05) is 0 Å². The second-order valence-corrected chi connectivity index (χ2v) is 4.61. The van der Waals surface area contributed by atoms with Gasteiger partial charge in [-0.3, -0.25) is 10.1 Å². The summed E-state index contributed by atoms with van der Waals surface area (Å²) in [5.41, 5.74) is 0. The molecule has 1 aliphatic heterocycles. The number of thioether (sulfide) groups is 1. The van der Waals surface area contributed by atoms with Crippen molar-refractivity contribution >= 4 is 17.7 Å². The molecule has 1 fully saturated rings. The molecule has 0 bridgehead atoms. The van der Waals surface area contributed by atoms with Gasteiger partial charge in [-0.15, -0.1) is 11.8 Å². The Morgan fingerprint density at radius 3 is 2.92 bits per heavy atom. The zero-order valence-electron chi connectivity index (χ0n) is 7.95. The first kappa shape index (κ1) is 10.9. The molecule has 2 atom stereocenters. The standard InChI is InChI=1S/C9H17NO2S/c1-2-3-4-5-8-10-7(6-13-8)9(11)12/h7-8,10H,2-6H2,1H3,(H,11,12). The maximum absolute atomic E-state index is 10.6. The summed E-state index contributed by atoms with van der Waals surface area (Å²) in [5.74, 6) is -0.00273. The van der Waals surface area contributed by atoms with E-state index in [2.05, 4.69) is 12.2 Å². The van der Waals surface area contributed by atoms with Crippen LogP contribution in [0, 0.1) is 0 Å². The van der Waals surface area contributed by atoms with Crippen LogP contribution >= 0.6 is 11.8 Å². The van der Waals surface area contributed by atoms with E-state index in [-0.39, 0.29) is 6.04 Å². The summed E-state index contributed by atoms with van der Waals surface area (Å²) in [6.07, 6.45) is 4.77. The van der Waals surface area contributed by atoms with Crippen molar-refractivity contribution in [3.63, 3.8) is 0 Å². The lowest BCUT2D eigenvalue weighted by Gasteiger charge is -2.09. The minimum atomic E-state index is -0.717. The third-order valence-corrected chi connectivity index (χ3v) is 3.52. The minimum absolute atomic E-state index is 0.323. The van der Waals surface area contributed by atoms with E-state index in [9.17, 15) is 4.79 Å². The summed E-state index contributed by atoms with van der Waals surface area (Å²) in [6.45, 7) is 2.18. The van der Waals surface area contributed by atoms with E-state index < -0.39 is 5.97 Å². The Bertz CT molecular complexity index is 175. The van der Waals surface area contributed by atoms with Crippen molar-refractivity contribution in [1.29, 1.82) is 0 Å². The molecular weight excluding hydrogens is 186 g/mol. The smallest absolute Gasteiger partial charge is 0.321 e. The number of hydrogen-bond donors (Lipinski definition) is 2. The van der Waals surface area contributed by atoms with Gasteiger partial charge in [-0.25, -0.2) is 0 Å². The molecule has 0 saturated carbocycles. The van der Waals surface area contributed by atoms with E-state index in [0.29, 0.717) is 11.1 Å². The maximum atomic E-state index is 10.6. The highest BCUT2D eigenvalue weighted by atomic mass is 32.2. The van der Waals surface area contributed by atoms with Crippen LogP contribution in [0.25, 0.3) is 0 Å². The van der Waals surface area contributed by atoms with Gasteiger partial charge < -0.3 is 5.11 Å². The largest absolute Gasteiger partial charge is 0.480 e. The van der Waals surface area contributed by atoms with Gasteiger partial charge in [0.15, 0.2) is 0 Å². The predicted molar refractivity (Wildman–Crippen MR) is 54.9 cm³/mol. The van der Waals surface area contributed by atoms with Crippen LogP contribution in [0.3, 0.4) is 0 Å². The number of carboxylic acids is 1. The fourth-order valence-electron chi connectivity index (χ4n) is 1.42. The van der Waals surface area contributed by atoms with E-state index in [4.69, 9.17) is 5.11 Å². The topological polar surface area (TPSA) is 49.3 Å². The first-order chi connectivity index (χ1) is 6.24. The van der Waals surface area contributed by atoms with Gasteiger partial charge in [-0.1, -0.05) is 26.2 Å². The summed E-state index contributed by atoms with van der Waals surface area (Å²) < 4.78 is 0. The molecule has 0 aliphatic carbocycles. The van der Waals surface area contributed by atoms with Crippen molar-refractivity contribution in [3.8, 4) is 0 Å². The third kappa shape index (κ3) is 3.56. The third-order valence-electron chi connectivity index (χ3n) is 2.22. The Balaban J connectivity index is 2.14. The normalized spacial score (nSPS) is 27.8. The molecular formula is C9H17NO2S. The Kier molecular flexibility index (Phi) is 4.59. The number of aliphatic carboxylic acids is 1. The van der Waals surface area contributed by atoms with Crippen LogP contribution in [0.1, 0.15) is 32.6 Å². The molecule has 1 heterocycles. The number of nitrogens with one attached hydrogen (secondary N) is 1. The zero-order valence-corrected chi connectivity index (χ0v) is 8.77. The maximum Gasteiger partial charge on any atom is 0.321 e. The van der Waals surface area contributed by atoms with Gasteiger partial charge in [0.25, 0.3) is 0 Å². The number of rotatable bonds is 5. The van der Waals surface area contributed by atoms with Crippen molar-refractivity contribution in [3.05, 3.63) is 0 Å². The molecule has 1 saturated heterocycles. The molecule has 2 unspecified atom stereocenters. The van der Waals surface area contributed by atoms with Gasteiger partial charge in [0, 0.05) is 5.75 Å². The molecule has 0 aromatic rings. The molecule has 0 aromatic heterocycles. The second-order valence-electron chi connectivity index (χ2n) is 3.38. The van der Waals surface area contributed by atoms with Gasteiger partial charge in [0.05, 0.1) is 5.37 Å². The average Bonchev–Trinajstić information content (AvgIpc) is 2.53. The van der Waals surface area contributed by atoms with Gasteiger partial charge >= 0.3 is 5.97 Å². The van der Waals surface area contributed by atoms with Crippen molar-refractivity contribution in [2.75, 3.05) is 5.75 Å². The fraction of sp³-hybridized carbons (Fsp3) is 0.889. The summed E-state index contributed by atoms with van der Waals surface area (Å²) in [4.78, 5) is 10.6. The summed E-state index contributed by atoms with van der Waals surface area (Å²) in [7, 11) is 0. The Hall–Kier alpha value is -0.220. The van der Waals surface area contributed by atoms with Crippen molar-refractivity contribution in [2.24, 2.45) is 0 Å². The molecule has 3 nitrogen and oxygen atoms in total. The van der Waals surface area contributed by atoms with Crippen LogP contribution in [-0.2, 0) is 4.79 Å². The molecule has 1 aliphatic rings. The molecule has 13 heavy (non-hydrogen) atoms. The lowest BCUT2D eigenvalue weighted by Crippen LogP contribution is -2.36. The summed E-state index contributed by atoms with van der Waals surface area (Å²) in [6, 6.07) is -0.323. The highest BCUT2D eigenvalue weighted by Crippen LogP contribution is 2.23. The first-order valence-corrected chi connectivity index (χ1v) is 5.89. The van der Waals surface area contributed by atoms with Crippen LogP contribution < -0.4 is 5.32 Å². The molecule has 0 spiro atoms. The molecule has 2 N–H and O–H groups in total. The fourth-order valence-corrected chi connectivity index (χ4v) is 2.68. The molecule has 0 aromatic carbocycles. The highest BCUT2D eigenvalue weighted by molar-refractivity contribution is 8.00. The number of carbonyl (C=O) groups is 1. The number of unbranched alkanes of at least 4 members (excludes halogenated alkanes) is 2. The van der Waals surface area contributed by atoms with E-state index in [1.165, 1.54) is 19.3 Å². The Labute approximate surface area is 83.3 Å². The predicted octanol–water partition coefficient (Wildman–Crippen LogP) is 1.68. The lowest BCUT2D eigenvalue weighted by atomic mass is 10.2. The SMILES string of the molecule is CCCCCC1NC(C(=O)O)CS1. The first-order valence-electron chi connectivity index (χ1n) is 4.84. The van der Waals surface area contributed by atoms with Crippen LogP contribution in [0.4, 0.5) is 0 Å². The minimum Gasteiger partial charge on any atom is -0.480 e. The molecule has 4 heteroatoms. The average molecular weight is 203 g/mol. The number of hydrogen-bond acceptors (Lipinski definition) is 3. The van der Waals surface area contributed by atoms with Gasteiger partial charge in [-0.2, -0.15) is 0 Å². The van der Waals surface area contributed by atoms with Gasteiger partial charge in [0.1, 0.15) is 6.04 Å². The molecule has 0 amide bonds. The molecule has 0 radical (unpaired) electrons. The van der Waals surface area contributed by atoms with Crippen LogP contribution in [-0.4, -0.2) is 28.2 Å². The van der Waals surface area contributed by atoms with E-state index in [1.54, 1.807) is 11.8 Å². The quantitative estimate of drug-likeness (QED) is 0.667. The Morgan fingerprint density at radius 2 is 2.38 bits per heavy atom. The van der Waals surface area contributed by atoms with Crippen LogP contribution in [0.2, 0.25) is 0 Å². The Morgan fingerprint density at radius 1 is 1.62 bits per heavy atom. The van der Waals surface area contributed by atoms with Gasteiger partial charge in [0.2, 0.25) is 0 Å². The van der Waals surface area contributed by atoms with Crippen molar-refractivity contribution < 1.29 is 9.90 Å². The van der Waals surface area contributed by atoms with E-state index in [0.717, 1.165) is 6.42 Å². The van der Waals surface area contributed by atoms with Gasteiger partial charge in [-0.05, 0) is 6.42 Å². The van der Waals surface area contributed by atoms with Crippen LogP contribution in [0.5, 0.6) is 0 Å². The second kappa shape index (κ2) is 5.50. The monoisotopic (exact) mass is 203 g/mol. The van der Waals surface area contributed by atoms with Crippen molar-refractivity contribution in [1.82, 2.24) is 5.32 Å².